The van der Waals surface area contributed by atoms with Crippen LogP contribution >= 0.6 is 7.37 Å². The number of rotatable bonds is 10. The van der Waals surface area contributed by atoms with E-state index in [0.717, 1.165) is 22.6 Å². The number of aryl methyl sites for hydroxylation is 1. The molecule has 1 aromatic heterocycles. The maximum atomic E-state index is 14.0. The van der Waals surface area contributed by atoms with Gasteiger partial charge in [-0.05, 0) is 89.1 Å². The van der Waals surface area contributed by atoms with Crippen LogP contribution in [0.3, 0.4) is 0 Å². The molecule has 3 rings (SSSR count). The van der Waals surface area contributed by atoms with Crippen LogP contribution in [0.5, 0.6) is 5.75 Å². The highest BCUT2D eigenvalue weighted by molar-refractivity contribution is 7.74. The molecular formula is C31H37N2O5P. The molecule has 0 radical (unpaired) electrons. The molecule has 1 atom stereocenters. The Morgan fingerprint density at radius 3 is 2.31 bits per heavy atom. The number of nitrogens with zero attached hydrogens (tertiary/aromatic N) is 1. The zero-order chi connectivity index (χ0) is 28.3. The molecule has 2 aromatic carbocycles. The molecule has 0 bridgehead atoms. The van der Waals surface area contributed by atoms with Crippen LogP contribution in [0.1, 0.15) is 57.9 Å². The maximum Gasteiger partial charge on any atom is 0.407 e. The van der Waals surface area contributed by atoms with Crippen LogP contribution in [-0.2, 0) is 20.2 Å². The summed E-state index contributed by atoms with van der Waals surface area (Å²) >= 11 is 0. The molecule has 1 N–H and O–H groups in total. The summed E-state index contributed by atoms with van der Waals surface area (Å²) in [6, 6.07) is 20.4. The fourth-order valence-electron chi connectivity index (χ4n) is 3.60. The highest BCUT2D eigenvalue weighted by atomic mass is 31.2. The lowest BCUT2D eigenvalue weighted by atomic mass is 10.1. The highest BCUT2D eigenvalue weighted by Gasteiger charge is 2.30. The van der Waals surface area contributed by atoms with E-state index in [2.05, 4.69) is 22.1 Å². The number of aromatic nitrogens is 1. The predicted molar refractivity (Wildman–Crippen MR) is 155 cm³/mol. The number of ether oxygens (including phenoxy) is 2. The Morgan fingerprint density at radius 2 is 1.67 bits per heavy atom. The SMILES string of the molecule is CCOP(=O)(c1ccccc1)c1cc(C#Cc2ccc(OCCCNC(=O)OC(C)(C)C)cc2)cc(CC)n1. The number of benzene rings is 2. The van der Waals surface area contributed by atoms with Crippen LogP contribution in [-0.4, -0.2) is 36.4 Å². The van der Waals surface area contributed by atoms with E-state index in [0.29, 0.717) is 43.3 Å². The first-order valence-electron chi connectivity index (χ1n) is 13.2. The van der Waals surface area contributed by atoms with Gasteiger partial charge in [0.05, 0.1) is 13.2 Å². The van der Waals surface area contributed by atoms with E-state index < -0.39 is 19.1 Å². The minimum atomic E-state index is -3.35. The minimum absolute atomic E-state index is 0.305. The van der Waals surface area contributed by atoms with E-state index in [1.54, 1.807) is 6.07 Å². The molecule has 8 heteroatoms. The van der Waals surface area contributed by atoms with Gasteiger partial charge in [-0.15, -0.1) is 0 Å². The summed E-state index contributed by atoms with van der Waals surface area (Å²) in [4.78, 5) is 16.3. The molecule has 0 aliphatic rings. The lowest BCUT2D eigenvalue weighted by molar-refractivity contribution is 0.0525. The van der Waals surface area contributed by atoms with Crippen LogP contribution in [0.4, 0.5) is 4.79 Å². The quantitative estimate of drug-likeness (QED) is 0.202. The summed E-state index contributed by atoms with van der Waals surface area (Å²) in [6.07, 6.45) is 0.904. The van der Waals surface area contributed by atoms with Crippen LogP contribution in [0.2, 0.25) is 0 Å². The van der Waals surface area contributed by atoms with Gasteiger partial charge >= 0.3 is 6.09 Å². The van der Waals surface area contributed by atoms with E-state index in [-0.39, 0.29) is 0 Å². The summed E-state index contributed by atoms with van der Waals surface area (Å²) in [6.45, 7) is 10.5. The number of carbonyl (C=O) groups excluding carboxylic acids is 1. The molecular weight excluding hydrogens is 511 g/mol. The lowest BCUT2D eigenvalue weighted by Gasteiger charge is -2.19. The van der Waals surface area contributed by atoms with E-state index >= 15 is 0 Å². The van der Waals surface area contributed by atoms with Crippen molar-refractivity contribution >= 4 is 24.2 Å². The third-order valence-corrected chi connectivity index (χ3v) is 7.83. The first kappa shape index (κ1) is 30.0. The molecule has 0 fully saturated rings. The molecule has 1 unspecified atom stereocenters. The van der Waals surface area contributed by atoms with Crippen molar-refractivity contribution in [1.82, 2.24) is 10.3 Å². The number of hydrogen-bond acceptors (Lipinski definition) is 6. The summed E-state index contributed by atoms with van der Waals surface area (Å²) in [7, 11) is -3.35. The fraction of sp³-hybridized carbons (Fsp3) is 0.355. The Hall–Kier alpha value is -3.59. The van der Waals surface area contributed by atoms with Gasteiger partial charge in [0.2, 0.25) is 0 Å². The van der Waals surface area contributed by atoms with E-state index in [1.807, 2.05) is 95.3 Å². The first-order valence-corrected chi connectivity index (χ1v) is 14.8. The molecule has 0 spiro atoms. The highest BCUT2D eigenvalue weighted by Crippen LogP contribution is 2.44. The van der Waals surface area contributed by atoms with Gasteiger partial charge in [0.25, 0.3) is 7.37 Å². The molecule has 206 valence electrons. The van der Waals surface area contributed by atoms with Gasteiger partial charge in [-0.25, -0.2) is 9.78 Å². The Labute approximate surface area is 231 Å². The van der Waals surface area contributed by atoms with Crippen LogP contribution < -0.4 is 20.8 Å². The largest absolute Gasteiger partial charge is 0.494 e. The molecule has 39 heavy (non-hydrogen) atoms. The topological polar surface area (TPSA) is 86.8 Å². The third-order valence-electron chi connectivity index (χ3n) is 5.40. The van der Waals surface area contributed by atoms with Gasteiger partial charge in [0, 0.05) is 28.7 Å². The van der Waals surface area contributed by atoms with E-state index in [4.69, 9.17) is 14.0 Å². The van der Waals surface area contributed by atoms with Crippen LogP contribution in [0.25, 0.3) is 0 Å². The van der Waals surface area contributed by atoms with Crippen LogP contribution in [0, 0.1) is 11.8 Å². The van der Waals surface area contributed by atoms with Crippen molar-refractivity contribution < 1.29 is 23.4 Å². The summed E-state index contributed by atoms with van der Waals surface area (Å²) < 4.78 is 30.8. The van der Waals surface area contributed by atoms with Crippen molar-refractivity contribution in [2.24, 2.45) is 0 Å². The second-order valence-electron chi connectivity index (χ2n) is 9.77. The molecule has 0 saturated carbocycles. The number of pyridine rings is 1. The normalized spacial score (nSPS) is 12.5. The van der Waals surface area contributed by atoms with Crippen molar-refractivity contribution in [3.8, 4) is 17.6 Å². The average molecular weight is 549 g/mol. The van der Waals surface area contributed by atoms with Gasteiger partial charge in [-0.1, -0.05) is 37.0 Å². The second kappa shape index (κ2) is 14.0. The molecule has 0 saturated heterocycles. The van der Waals surface area contributed by atoms with E-state index in [9.17, 15) is 9.36 Å². The summed E-state index contributed by atoms with van der Waals surface area (Å²) in [5, 5.41) is 3.33. The maximum absolute atomic E-state index is 14.0. The number of amides is 1. The fourth-order valence-corrected chi connectivity index (χ4v) is 5.64. The molecule has 0 aliphatic heterocycles. The van der Waals surface area contributed by atoms with Gasteiger partial charge in [0.1, 0.15) is 16.8 Å². The second-order valence-corrected chi connectivity index (χ2v) is 12.1. The molecule has 1 amide bonds. The molecule has 3 aromatic rings. The molecule has 0 aliphatic carbocycles. The summed E-state index contributed by atoms with van der Waals surface area (Å²) in [5.41, 5.74) is 2.24. The van der Waals surface area contributed by atoms with Crippen molar-refractivity contribution in [3.05, 3.63) is 83.6 Å². The average Bonchev–Trinajstić information content (AvgIpc) is 2.91. The minimum Gasteiger partial charge on any atom is -0.494 e. The number of carbonyl (C=O) groups is 1. The van der Waals surface area contributed by atoms with Crippen molar-refractivity contribution in [2.45, 2.75) is 53.1 Å². The zero-order valence-electron chi connectivity index (χ0n) is 23.3. The van der Waals surface area contributed by atoms with Gasteiger partial charge in [-0.2, -0.15) is 0 Å². The first-order chi connectivity index (χ1) is 18.6. The predicted octanol–water partition coefficient (Wildman–Crippen LogP) is 5.60. The smallest absolute Gasteiger partial charge is 0.407 e. The lowest BCUT2D eigenvalue weighted by Crippen LogP contribution is -2.33. The number of nitrogens with one attached hydrogen (secondary N) is 1. The Morgan fingerprint density at radius 1 is 0.974 bits per heavy atom. The molecule has 7 nitrogen and oxygen atoms in total. The van der Waals surface area contributed by atoms with Crippen molar-refractivity contribution in [2.75, 3.05) is 19.8 Å². The number of alkyl carbamates (subject to hydrolysis) is 1. The Bertz CT molecular complexity index is 1340. The third kappa shape index (κ3) is 9.28. The van der Waals surface area contributed by atoms with Crippen molar-refractivity contribution in [1.29, 1.82) is 0 Å². The Kier molecular flexibility index (Phi) is 10.7. The number of hydrogen-bond donors (Lipinski definition) is 1. The van der Waals surface area contributed by atoms with E-state index in [1.165, 1.54) is 0 Å². The van der Waals surface area contributed by atoms with Crippen molar-refractivity contribution in [3.63, 3.8) is 0 Å². The van der Waals surface area contributed by atoms with Crippen LogP contribution in [0.15, 0.2) is 66.7 Å². The monoisotopic (exact) mass is 548 g/mol. The van der Waals surface area contributed by atoms with Gasteiger partial charge in [-0.3, -0.25) is 4.57 Å². The van der Waals surface area contributed by atoms with Gasteiger partial charge < -0.3 is 19.3 Å². The zero-order valence-corrected chi connectivity index (χ0v) is 24.2. The Balaban J connectivity index is 1.66. The molecule has 1 heterocycles. The standard InChI is InChI=1S/C31H37N2O5P/c1-6-26-22-25(23-29(33-26)39(35,37-7-2)28-12-9-8-10-13-28)15-14-24-16-18-27(19-17-24)36-21-11-20-32-30(34)38-31(3,4)5/h8-10,12-13,16-19,22-23H,6-7,11,20-21H2,1-5H3,(H,32,34). The summed E-state index contributed by atoms with van der Waals surface area (Å²) in [5.74, 6) is 7.08. The van der Waals surface area contributed by atoms with Gasteiger partial charge in [0.15, 0.2) is 0 Å².